The molecule has 0 spiro atoms. The molecule has 0 amide bonds. The molecule has 0 aliphatic carbocycles. The summed E-state index contributed by atoms with van der Waals surface area (Å²) in [4.78, 5) is 11.7. The van der Waals surface area contributed by atoms with E-state index in [0.29, 0.717) is 11.0 Å². The second-order valence-electron chi connectivity index (χ2n) is 4.71. The lowest BCUT2D eigenvalue weighted by Gasteiger charge is -2.27. The Balaban J connectivity index is 2.30. The van der Waals surface area contributed by atoms with Crippen LogP contribution in [0.1, 0.15) is 19.4 Å². The molecule has 3 nitrogen and oxygen atoms in total. The van der Waals surface area contributed by atoms with Crippen LogP contribution in [0, 0.1) is 0 Å². The summed E-state index contributed by atoms with van der Waals surface area (Å²) in [6.45, 7) is 3.97. The molecule has 1 aliphatic rings. The van der Waals surface area contributed by atoms with E-state index in [1.807, 2.05) is 32.1 Å². The molecule has 0 atom stereocenters. The first-order valence-electron chi connectivity index (χ1n) is 5.49. The van der Waals surface area contributed by atoms with Gasteiger partial charge in [0.05, 0.1) is 11.6 Å². The predicted octanol–water partition coefficient (Wildman–Crippen LogP) is 2.98. The van der Waals surface area contributed by atoms with Crippen LogP contribution in [-0.4, -0.2) is 5.60 Å². The van der Waals surface area contributed by atoms with Gasteiger partial charge in [-0.1, -0.05) is 6.08 Å². The first kappa shape index (κ1) is 10.1. The molecule has 0 saturated carbocycles. The highest BCUT2D eigenvalue weighted by Crippen LogP contribution is 2.33. The van der Waals surface area contributed by atoms with Crippen LogP contribution in [0.25, 0.3) is 17.0 Å². The normalized spacial score (nSPS) is 16.6. The lowest BCUT2D eigenvalue weighted by molar-refractivity contribution is 0.159. The highest BCUT2D eigenvalue weighted by molar-refractivity contribution is 5.83. The Hall–Kier alpha value is -2.03. The van der Waals surface area contributed by atoms with Gasteiger partial charge in [-0.25, -0.2) is 0 Å². The van der Waals surface area contributed by atoms with E-state index in [2.05, 4.69) is 0 Å². The summed E-state index contributed by atoms with van der Waals surface area (Å²) in [5.74, 6) is 0.749. The van der Waals surface area contributed by atoms with Gasteiger partial charge in [0.25, 0.3) is 0 Å². The molecule has 3 heteroatoms. The van der Waals surface area contributed by atoms with Crippen molar-refractivity contribution in [3.63, 3.8) is 0 Å². The van der Waals surface area contributed by atoms with E-state index in [-0.39, 0.29) is 11.0 Å². The van der Waals surface area contributed by atoms with Crippen LogP contribution in [0.4, 0.5) is 0 Å². The fourth-order valence-corrected chi connectivity index (χ4v) is 1.95. The van der Waals surface area contributed by atoms with Crippen LogP contribution in [0.3, 0.4) is 0 Å². The van der Waals surface area contributed by atoms with Crippen molar-refractivity contribution in [3.8, 4) is 5.75 Å². The van der Waals surface area contributed by atoms with Crippen LogP contribution < -0.4 is 10.2 Å². The van der Waals surface area contributed by atoms with Gasteiger partial charge in [-0.3, -0.25) is 4.79 Å². The van der Waals surface area contributed by atoms with E-state index in [1.54, 1.807) is 6.07 Å². The van der Waals surface area contributed by atoms with E-state index < -0.39 is 0 Å². The van der Waals surface area contributed by atoms with E-state index in [9.17, 15) is 4.79 Å². The maximum absolute atomic E-state index is 11.7. The molecule has 0 unspecified atom stereocenters. The molecule has 1 aromatic carbocycles. The molecule has 0 N–H and O–H groups in total. The quantitative estimate of drug-likeness (QED) is 0.695. The monoisotopic (exact) mass is 228 g/mol. The Bertz CT molecular complexity index is 677. The van der Waals surface area contributed by atoms with E-state index >= 15 is 0 Å². The fraction of sp³-hybridized carbons (Fsp3) is 0.214. The summed E-state index contributed by atoms with van der Waals surface area (Å²) in [7, 11) is 0. The summed E-state index contributed by atoms with van der Waals surface area (Å²) in [6, 6.07) is 5.01. The molecule has 1 aromatic heterocycles. The number of hydrogen-bond donors (Lipinski definition) is 0. The van der Waals surface area contributed by atoms with Crippen LogP contribution >= 0.6 is 0 Å². The molecule has 2 aromatic rings. The zero-order valence-corrected chi connectivity index (χ0v) is 9.69. The number of rotatable bonds is 0. The molecule has 0 saturated heterocycles. The molecular weight excluding hydrogens is 216 g/mol. The lowest BCUT2D eigenvalue weighted by Crippen LogP contribution is -2.27. The van der Waals surface area contributed by atoms with Crippen LogP contribution in [0.15, 0.2) is 39.7 Å². The minimum atomic E-state index is -0.324. The average molecular weight is 228 g/mol. The molecule has 86 valence electrons. The maximum atomic E-state index is 11.7. The standard InChI is InChI=1S/C14H12O3/c1-14(2)5-3-9-7-10-11(15)4-6-16-13(10)8-12(9)17-14/h3-8H,1-2H3. The highest BCUT2D eigenvalue weighted by Gasteiger charge is 2.22. The number of benzene rings is 1. The SMILES string of the molecule is CC1(C)C=Cc2cc3c(=O)ccoc3cc2O1. The zero-order valence-electron chi connectivity index (χ0n) is 9.69. The van der Waals surface area contributed by atoms with Gasteiger partial charge in [-0.05, 0) is 26.0 Å². The van der Waals surface area contributed by atoms with Gasteiger partial charge in [-0.2, -0.15) is 0 Å². The van der Waals surface area contributed by atoms with E-state index in [0.717, 1.165) is 11.3 Å². The van der Waals surface area contributed by atoms with Crippen LogP contribution in [0.2, 0.25) is 0 Å². The van der Waals surface area contributed by atoms with Crippen molar-refractivity contribution in [2.75, 3.05) is 0 Å². The molecule has 2 heterocycles. The molecule has 0 bridgehead atoms. The second-order valence-corrected chi connectivity index (χ2v) is 4.71. The first-order valence-corrected chi connectivity index (χ1v) is 5.49. The Labute approximate surface area is 98.3 Å². The van der Waals surface area contributed by atoms with Gasteiger partial charge in [0.1, 0.15) is 16.9 Å². The summed E-state index contributed by atoms with van der Waals surface area (Å²) >= 11 is 0. The van der Waals surface area contributed by atoms with Crippen LogP contribution in [-0.2, 0) is 0 Å². The van der Waals surface area contributed by atoms with Crippen molar-refractivity contribution in [2.45, 2.75) is 19.4 Å². The molecule has 0 fully saturated rings. The Kier molecular flexibility index (Phi) is 1.93. The van der Waals surface area contributed by atoms with Gasteiger partial charge < -0.3 is 9.15 Å². The van der Waals surface area contributed by atoms with Gasteiger partial charge in [0.2, 0.25) is 0 Å². The third kappa shape index (κ3) is 1.64. The third-order valence-electron chi connectivity index (χ3n) is 2.83. The van der Waals surface area contributed by atoms with Gasteiger partial charge in [-0.15, -0.1) is 0 Å². The van der Waals surface area contributed by atoms with Crippen molar-refractivity contribution in [3.05, 3.63) is 46.3 Å². The number of fused-ring (bicyclic) bond motifs is 2. The Morgan fingerprint density at radius 3 is 2.88 bits per heavy atom. The highest BCUT2D eigenvalue weighted by atomic mass is 16.5. The number of ether oxygens (including phenoxy) is 1. The fourth-order valence-electron chi connectivity index (χ4n) is 1.95. The van der Waals surface area contributed by atoms with Crippen molar-refractivity contribution in [1.82, 2.24) is 0 Å². The van der Waals surface area contributed by atoms with Crippen molar-refractivity contribution >= 4 is 17.0 Å². The number of hydrogen-bond acceptors (Lipinski definition) is 3. The topological polar surface area (TPSA) is 39.4 Å². The van der Waals surface area contributed by atoms with Crippen molar-refractivity contribution in [2.24, 2.45) is 0 Å². The Morgan fingerprint density at radius 1 is 1.24 bits per heavy atom. The third-order valence-corrected chi connectivity index (χ3v) is 2.83. The second kappa shape index (κ2) is 3.23. The van der Waals surface area contributed by atoms with Crippen LogP contribution in [0.5, 0.6) is 5.75 Å². The van der Waals surface area contributed by atoms with E-state index in [1.165, 1.54) is 12.3 Å². The lowest BCUT2D eigenvalue weighted by atomic mass is 10.0. The molecular formula is C14H12O3. The molecule has 3 rings (SSSR count). The molecule has 1 aliphatic heterocycles. The summed E-state index contributed by atoms with van der Waals surface area (Å²) < 4.78 is 11.1. The predicted molar refractivity (Wildman–Crippen MR) is 66.2 cm³/mol. The Morgan fingerprint density at radius 2 is 2.06 bits per heavy atom. The molecule has 17 heavy (non-hydrogen) atoms. The summed E-state index contributed by atoms with van der Waals surface area (Å²) in [6.07, 6.45) is 5.36. The largest absolute Gasteiger partial charge is 0.483 e. The summed E-state index contributed by atoms with van der Waals surface area (Å²) in [5.41, 5.74) is 1.11. The summed E-state index contributed by atoms with van der Waals surface area (Å²) in [5, 5.41) is 0.583. The minimum Gasteiger partial charge on any atom is -0.483 e. The van der Waals surface area contributed by atoms with Gasteiger partial charge in [0.15, 0.2) is 5.43 Å². The van der Waals surface area contributed by atoms with Crippen molar-refractivity contribution in [1.29, 1.82) is 0 Å². The smallest absolute Gasteiger partial charge is 0.192 e. The zero-order chi connectivity index (χ0) is 12.0. The van der Waals surface area contributed by atoms with E-state index in [4.69, 9.17) is 9.15 Å². The maximum Gasteiger partial charge on any atom is 0.192 e. The van der Waals surface area contributed by atoms with Gasteiger partial charge >= 0.3 is 0 Å². The average Bonchev–Trinajstić information content (AvgIpc) is 2.26. The molecule has 0 radical (unpaired) electrons. The van der Waals surface area contributed by atoms with Gasteiger partial charge in [0, 0.05) is 17.7 Å². The van der Waals surface area contributed by atoms with Crippen molar-refractivity contribution < 1.29 is 9.15 Å². The minimum absolute atomic E-state index is 0.0349. The first-order chi connectivity index (χ1) is 8.05.